The summed E-state index contributed by atoms with van der Waals surface area (Å²) in [5, 5.41) is 3.25. The third-order valence-electron chi connectivity index (χ3n) is 4.39. The fourth-order valence-corrected chi connectivity index (χ4v) is 3.03. The number of hydrogen-bond donors (Lipinski definition) is 1. The first-order chi connectivity index (χ1) is 10.3. The molecule has 1 heterocycles. The molecule has 4 nitrogen and oxygen atoms in total. The van der Waals surface area contributed by atoms with Crippen LogP contribution < -0.4 is 14.8 Å². The second-order valence-corrected chi connectivity index (χ2v) is 5.79. The third kappa shape index (κ3) is 5.34. The molecule has 1 aromatic rings. The summed E-state index contributed by atoms with van der Waals surface area (Å²) in [6.07, 6.45) is 3.90. The molecule has 1 N–H and O–H groups in total. The quantitative estimate of drug-likeness (QED) is 0.834. The highest BCUT2D eigenvalue weighted by Gasteiger charge is 2.20. The Morgan fingerprint density at radius 2 is 1.91 bits per heavy atom. The number of hydrogen-bond acceptors (Lipinski definition) is 4. The van der Waals surface area contributed by atoms with Crippen molar-refractivity contribution in [1.82, 2.24) is 10.2 Å². The molecular formula is C17H29ClN2O2. The van der Waals surface area contributed by atoms with Crippen LogP contribution in [0.3, 0.4) is 0 Å². The monoisotopic (exact) mass is 328 g/mol. The van der Waals surface area contributed by atoms with Gasteiger partial charge in [-0.3, -0.25) is 4.90 Å². The maximum atomic E-state index is 5.47. The molecule has 1 fully saturated rings. The summed E-state index contributed by atoms with van der Waals surface area (Å²) in [6, 6.07) is 6.03. The van der Waals surface area contributed by atoms with E-state index in [1.165, 1.54) is 37.9 Å². The van der Waals surface area contributed by atoms with Crippen LogP contribution in [0, 0.1) is 5.92 Å². The zero-order valence-electron chi connectivity index (χ0n) is 13.9. The van der Waals surface area contributed by atoms with Crippen molar-refractivity contribution in [2.24, 2.45) is 5.92 Å². The summed E-state index contributed by atoms with van der Waals surface area (Å²) in [5.74, 6) is 2.73. The molecule has 126 valence electrons. The highest BCUT2D eigenvalue weighted by Crippen LogP contribution is 2.27. The van der Waals surface area contributed by atoms with Gasteiger partial charge in [-0.15, -0.1) is 12.4 Å². The van der Waals surface area contributed by atoms with Crippen molar-refractivity contribution in [2.45, 2.75) is 25.8 Å². The van der Waals surface area contributed by atoms with Gasteiger partial charge in [-0.05, 0) is 70.1 Å². The van der Waals surface area contributed by atoms with Crippen molar-refractivity contribution >= 4 is 12.4 Å². The van der Waals surface area contributed by atoms with E-state index in [-0.39, 0.29) is 12.4 Å². The van der Waals surface area contributed by atoms with Gasteiger partial charge in [-0.25, -0.2) is 0 Å². The lowest BCUT2D eigenvalue weighted by Crippen LogP contribution is -2.34. The van der Waals surface area contributed by atoms with Crippen LogP contribution >= 0.6 is 12.4 Å². The first kappa shape index (κ1) is 19.1. The normalized spacial score (nSPS) is 16.1. The van der Waals surface area contributed by atoms with E-state index >= 15 is 0 Å². The van der Waals surface area contributed by atoms with Gasteiger partial charge in [-0.1, -0.05) is 0 Å². The number of benzene rings is 1. The minimum atomic E-state index is 0. The Labute approximate surface area is 140 Å². The molecule has 1 aliphatic heterocycles. The van der Waals surface area contributed by atoms with Gasteiger partial charge in [0.25, 0.3) is 0 Å². The van der Waals surface area contributed by atoms with E-state index in [0.29, 0.717) is 0 Å². The average Bonchev–Trinajstić information content (AvgIpc) is 2.54. The summed E-state index contributed by atoms with van der Waals surface area (Å²) >= 11 is 0. The molecule has 0 atom stereocenters. The molecule has 0 bridgehead atoms. The number of piperidine rings is 1. The van der Waals surface area contributed by atoms with E-state index < -0.39 is 0 Å². The summed E-state index contributed by atoms with van der Waals surface area (Å²) in [6.45, 7) is 4.43. The van der Waals surface area contributed by atoms with Crippen molar-refractivity contribution in [2.75, 3.05) is 40.9 Å². The van der Waals surface area contributed by atoms with Gasteiger partial charge in [0, 0.05) is 12.1 Å². The van der Waals surface area contributed by atoms with Gasteiger partial charge >= 0.3 is 0 Å². The molecule has 0 aromatic heterocycles. The van der Waals surface area contributed by atoms with Crippen LogP contribution in [0.2, 0.25) is 0 Å². The standard InChI is InChI=1S/C17H28N2O2.ClH/c1-18-9-6-14-7-10-19(11-8-14)13-15-12-16(20-2)4-5-17(15)21-3;/h4-5,12,14,18H,6-11,13H2,1-3H3;1H. The van der Waals surface area contributed by atoms with E-state index in [0.717, 1.165) is 30.5 Å². The maximum absolute atomic E-state index is 5.47. The fraction of sp³-hybridized carbons (Fsp3) is 0.647. The minimum Gasteiger partial charge on any atom is -0.497 e. The van der Waals surface area contributed by atoms with E-state index in [2.05, 4.69) is 16.3 Å². The Balaban J connectivity index is 0.00000242. The van der Waals surface area contributed by atoms with Crippen LogP contribution in [-0.4, -0.2) is 45.8 Å². The number of likely N-dealkylation sites (tertiary alicyclic amines) is 1. The van der Waals surface area contributed by atoms with Crippen LogP contribution in [0.25, 0.3) is 0 Å². The highest BCUT2D eigenvalue weighted by molar-refractivity contribution is 5.85. The molecule has 1 aliphatic rings. The van der Waals surface area contributed by atoms with Gasteiger partial charge in [0.2, 0.25) is 0 Å². The smallest absolute Gasteiger partial charge is 0.123 e. The number of nitrogens with one attached hydrogen (secondary N) is 1. The van der Waals surface area contributed by atoms with Crippen molar-refractivity contribution in [3.63, 3.8) is 0 Å². The Hall–Kier alpha value is -0.970. The lowest BCUT2D eigenvalue weighted by molar-refractivity contribution is 0.171. The van der Waals surface area contributed by atoms with E-state index in [1.54, 1.807) is 14.2 Å². The van der Waals surface area contributed by atoms with Crippen LogP contribution in [0.15, 0.2) is 18.2 Å². The Morgan fingerprint density at radius 3 is 2.50 bits per heavy atom. The summed E-state index contributed by atoms with van der Waals surface area (Å²) < 4.78 is 10.8. The predicted octanol–water partition coefficient (Wildman–Crippen LogP) is 2.95. The topological polar surface area (TPSA) is 33.7 Å². The number of ether oxygens (including phenoxy) is 2. The second kappa shape index (κ2) is 9.93. The Bertz CT molecular complexity index is 435. The molecule has 5 heteroatoms. The third-order valence-corrected chi connectivity index (χ3v) is 4.39. The fourth-order valence-electron chi connectivity index (χ4n) is 3.03. The number of methoxy groups -OCH3 is 2. The molecule has 0 spiro atoms. The van der Waals surface area contributed by atoms with Crippen LogP contribution in [0.5, 0.6) is 11.5 Å². The molecule has 0 radical (unpaired) electrons. The van der Waals surface area contributed by atoms with E-state index in [1.807, 2.05) is 19.2 Å². The summed E-state index contributed by atoms with van der Waals surface area (Å²) in [7, 11) is 5.47. The summed E-state index contributed by atoms with van der Waals surface area (Å²) in [5.41, 5.74) is 1.21. The van der Waals surface area contributed by atoms with Gasteiger partial charge < -0.3 is 14.8 Å². The average molecular weight is 329 g/mol. The molecule has 0 unspecified atom stereocenters. The zero-order valence-corrected chi connectivity index (χ0v) is 14.7. The van der Waals surface area contributed by atoms with Gasteiger partial charge in [0.05, 0.1) is 14.2 Å². The van der Waals surface area contributed by atoms with Gasteiger partial charge in [-0.2, -0.15) is 0 Å². The summed E-state index contributed by atoms with van der Waals surface area (Å²) in [4.78, 5) is 2.52. The number of nitrogens with zero attached hydrogens (tertiary/aromatic N) is 1. The molecule has 2 rings (SSSR count). The van der Waals surface area contributed by atoms with Crippen molar-refractivity contribution in [1.29, 1.82) is 0 Å². The van der Waals surface area contributed by atoms with Gasteiger partial charge in [0.15, 0.2) is 0 Å². The maximum Gasteiger partial charge on any atom is 0.123 e. The minimum absolute atomic E-state index is 0. The first-order valence-corrected chi connectivity index (χ1v) is 7.84. The molecule has 1 aromatic carbocycles. The highest BCUT2D eigenvalue weighted by atomic mass is 35.5. The molecule has 0 amide bonds. The SMILES string of the molecule is CNCCC1CCN(Cc2cc(OC)ccc2OC)CC1.Cl. The Kier molecular flexibility index (Phi) is 8.61. The largest absolute Gasteiger partial charge is 0.497 e. The van der Waals surface area contributed by atoms with E-state index in [9.17, 15) is 0 Å². The molecular weight excluding hydrogens is 300 g/mol. The van der Waals surface area contributed by atoms with Crippen molar-refractivity contribution in [3.8, 4) is 11.5 Å². The lowest BCUT2D eigenvalue weighted by atomic mass is 9.93. The zero-order chi connectivity index (χ0) is 15.1. The number of halogens is 1. The Morgan fingerprint density at radius 1 is 1.18 bits per heavy atom. The molecule has 22 heavy (non-hydrogen) atoms. The molecule has 0 aliphatic carbocycles. The van der Waals surface area contributed by atoms with Crippen LogP contribution in [-0.2, 0) is 6.54 Å². The lowest BCUT2D eigenvalue weighted by Gasteiger charge is -2.32. The number of rotatable bonds is 7. The van der Waals surface area contributed by atoms with Crippen LogP contribution in [0.4, 0.5) is 0 Å². The van der Waals surface area contributed by atoms with Crippen LogP contribution in [0.1, 0.15) is 24.8 Å². The first-order valence-electron chi connectivity index (χ1n) is 7.84. The molecule has 0 saturated carbocycles. The second-order valence-electron chi connectivity index (χ2n) is 5.79. The van der Waals surface area contributed by atoms with E-state index in [4.69, 9.17) is 9.47 Å². The predicted molar refractivity (Wildman–Crippen MR) is 93.3 cm³/mol. The van der Waals surface area contributed by atoms with Crippen molar-refractivity contribution < 1.29 is 9.47 Å². The molecule has 1 saturated heterocycles. The van der Waals surface area contributed by atoms with Crippen molar-refractivity contribution in [3.05, 3.63) is 23.8 Å². The van der Waals surface area contributed by atoms with Gasteiger partial charge in [0.1, 0.15) is 11.5 Å².